The Bertz CT molecular complexity index is 439. The van der Waals surface area contributed by atoms with Gasteiger partial charge in [0.05, 0.1) is 0 Å². The lowest BCUT2D eigenvalue weighted by molar-refractivity contribution is -0.389. The number of rotatable bonds is 4. The molecule has 1 aliphatic heterocycles. The van der Waals surface area contributed by atoms with Gasteiger partial charge in [-0.3, -0.25) is 0 Å². The fraction of sp³-hybridized carbons (Fsp3) is 0.750. The predicted molar refractivity (Wildman–Crippen MR) is 66.3 cm³/mol. The van der Waals surface area contributed by atoms with Crippen molar-refractivity contribution in [1.82, 2.24) is 14.5 Å². The average Bonchev–Trinajstić information content (AvgIpc) is 2.95. The molecule has 98 valence electrons. The van der Waals surface area contributed by atoms with Gasteiger partial charge in [0.15, 0.2) is 0 Å². The van der Waals surface area contributed by atoms with Crippen LogP contribution >= 0.6 is 0 Å². The third-order valence-corrected chi connectivity index (χ3v) is 4.23. The molecule has 1 aromatic rings. The van der Waals surface area contributed by atoms with E-state index in [-0.39, 0.29) is 5.82 Å². The number of hydrogen-bond acceptors (Lipinski definition) is 4. The molecule has 3 rings (SSSR count). The van der Waals surface area contributed by atoms with Crippen LogP contribution in [0.1, 0.15) is 31.7 Å². The Labute approximate surface area is 106 Å². The van der Waals surface area contributed by atoms with Crippen molar-refractivity contribution >= 4 is 5.82 Å². The largest absolute Gasteiger partial charge is 0.381 e. The third kappa shape index (κ3) is 2.12. The number of nitrogens with zero attached hydrogens (tertiary/aromatic N) is 4. The van der Waals surface area contributed by atoms with E-state index < -0.39 is 4.92 Å². The Morgan fingerprint density at radius 1 is 1.39 bits per heavy atom. The highest BCUT2D eigenvalue weighted by Gasteiger charge is 2.35. The molecule has 2 atom stereocenters. The van der Waals surface area contributed by atoms with E-state index in [9.17, 15) is 10.1 Å². The third-order valence-electron chi connectivity index (χ3n) is 4.23. The summed E-state index contributed by atoms with van der Waals surface area (Å²) in [7, 11) is 0. The van der Waals surface area contributed by atoms with Gasteiger partial charge in [0.25, 0.3) is 0 Å². The first-order valence-electron chi connectivity index (χ1n) is 6.64. The number of imidazole rings is 1. The van der Waals surface area contributed by atoms with Crippen molar-refractivity contribution in [2.24, 2.45) is 5.92 Å². The van der Waals surface area contributed by atoms with Gasteiger partial charge >= 0.3 is 5.82 Å². The summed E-state index contributed by atoms with van der Waals surface area (Å²) < 4.78 is 1.93. The van der Waals surface area contributed by atoms with Crippen LogP contribution in [0.4, 0.5) is 5.82 Å². The van der Waals surface area contributed by atoms with Crippen LogP contribution in [0.3, 0.4) is 0 Å². The van der Waals surface area contributed by atoms with Crippen LogP contribution in [0.25, 0.3) is 0 Å². The van der Waals surface area contributed by atoms with Crippen molar-refractivity contribution in [2.75, 3.05) is 19.6 Å². The summed E-state index contributed by atoms with van der Waals surface area (Å²) in [5, 5.41) is 10.6. The molecule has 2 unspecified atom stereocenters. The van der Waals surface area contributed by atoms with Crippen LogP contribution in [-0.2, 0) is 0 Å². The van der Waals surface area contributed by atoms with Crippen molar-refractivity contribution in [3.05, 3.63) is 22.6 Å². The van der Waals surface area contributed by atoms with E-state index in [1.54, 1.807) is 12.5 Å². The van der Waals surface area contributed by atoms with E-state index in [2.05, 4.69) is 9.88 Å². The highest BCUT2D eigenvalue weighted by atomic mass is 16.6. The summed E-state index contributed by atoms with van der Waals surface area (Å²) >= 11 is 0. The first kappa shape index (κ1) is 11.6. The monoisotopic (exact) mass is 250 g/mol. The first-order valence-corrected chi connectivity index (χ1v) is 6.64. The van der Waals surface area contributed by atoms with E-state index in [1.165, 1.54) is 32.4 Å². The van der Waals surface area contributed by atoms with E-state index in [1.807, 2.05) is 4.57 Å². The van der Waals surface area contributed by atoms with Gasteiger partial charge in [-0.05, 0) is 54.6 Å². The molecule has 6 heteroatoms. The molecule has 1 saturated heterocycles. The van der Waals surface area contributed by atoms with Crippen LogP contribution in [-0.4, -0.2) is 39.0 Å². The van der Waals surface area contributed by atoms with Crippen LogP contribution in [0.5, 0.6) is 0 Å². The lowest BCUT2D eigenvalue weighted by atomic mass is 9.79. The minimum absolute atomic E-state index is 0.0400. The SMILES string of the molecule is O=[N+]([O-])c1cn(C2CCC2CN2CCCC2)cn1. The quantitative estimate of drug-likeness (QED) is 0.604. The van der Waals surface area contributed by atoms with Gasteiger partial charge < -0.3 is 19.6 Å². The molecule has 1 saturated carbocycles. The molecule has 18 heavy (non-hydrogen) atoms. The summed E-state index contributed by atoms with van der Waals surface area (Å²) in [6.45, 7) is 3.57. The van der Waals surface area contributed by atoms with Crippen molar-refractivity contribution in [2.45, 2.75) is 31.7 Å². The second-order valence-electron chi connectivity index (χ2n) is 5.35. The standard InChI is InChI=1S/C12H18N4O2/c17-16(18)12-8-15(9-13-12)11-4-3-10(11)7-14-5-1-2-6-14/h8-11H,1-7H2. The van der Waals surface area contributed by atoms with E-state index in [4.69, 9.17) is 0 Å². The van der Waals surface area contributed by atoms with Crippen LogP contribution in [0.2, 0.25) is 0 Å². The molecular formula is C12H18N4O2. The van der Waals surface area contributed by atoms with Crippen molar-refractivity contribution in [3.63, 3.8) is 0 Å². The maximum atomic E-state index is 10.6. The van der Waals surface area contributed by atoms with E-state index >= 15 is 0 Å². The van der Waals surface area contributed by atoms with E-state index in [0.717, 1.165) is 13.0 Å². The lowest BCUT2D eigenvalue weighted by Crippen LogP contribution is -2.37. The van der Waals surface area contributed by atoms with Gasteiger partial charge in [-0.1, -0.05) is 0 Å². The van der Waals surface area contributed by atoms with Crippen molar-refractivity contribution in [1.29, 1.82) is 0 Å². The minimum Gasteiger partial charge on any atom is -0.358 e. The molecule has 0 N–H and O–H groups in total. The Morgan fingerprint density at radius 3 is 2.72 bits per heavy atom. The second kappa shape index (κ2) is 4.68. The summed E-state index contributed by atoms with van der Waals surface area (Å²) in [6, 6.07) is 0.409. The molecule has 0 aromatic carbocycles. The summed E-state index contributed by atoms with van der Waals surface area (Å²) in [6.07, 6.45) is 8.15. The van der Waals surface area contributed by atoms with Crippen molar-refractivity contribution < 1.29 is 4.92 Å². The zero-order valence-electron chi connectivity index (χ0n) is 10.4. The van der Waals surface area contributed by atoms with Crippen LogP contribution < -0.4 is 0 Å². The first-order chi connectivity index (χ1) is 8.74. The Balaban J connectivity index is 1.62. The fourth-order valence-corrected chi connectivity index (χ4v) is 3.06. The highest BCUT2D eigenvalue weighted by Crippen LogP contribution is 2.39. The molecule has 0 amide bonds. The topological polar surface area (TPSA) is 64.2 Å². The molecule has 6 nitrogen and oxygen atoms in total. The van der Waals surface area contributed by atoms with Gasteiger partial charge in [-0.25, -0.2) is 0 Å². The summed E-state index contributed by atoms with van der Waals surface area (Å²) in [5.74, 6) is 0.596. The molecular weight excluding hydrogens is 232 g/mol. The summed E-state index contributed by atoms with van der Waals surface area (Å²) in [4.78, 5) is 16.6. The van der Waals surface area contributed by atoms with Crippen LogP contribution in [0.15, 0.2) is 12.5 Å². The molecule has 0 bridgehead atoms. The lowest BCUT2D eigenvalue weighted by Gasteiger charge is -2.39. The molecule has 0 radical (unpaired) electrons. The fourth-order valence-electron chi connectivity index (χ4n) is 3.06. The van der Waals surface area contributed by atoms with E-state index in [0.29, 0.717) is 12.0 Å². The van der Waals surface area contributed by atoms with Gasteiger partial charge in [0.1, 0.15) is 6.20 Å². The van der Waals surface area contributed by atoms with Gasteiger partial charge in [0.2, 0.25) is 6.33 Å². The predicted octanol–water partition coefficient (Wildman–Crippen LogP) is 1.84. The molecule has 1 aromatic heterocycles. The normalized spacial score (nSPS) is 28.2. The molecule has 1 aliphatic carbocycles. The average molecular weight is 250 g/mol. The number of nitro groups is 1. The van der Waals surface area contributed by atoms with Gasteiger partial charge in [-0.15, -0.1) is 0 Å². The molecule has 2 aliphatic rings. The second-order valence-corrected chi connectivity index (χ2v) is 5.35. The Hall–Kier alpha value is -1.43. The molecule has 0 spiro atoms. The number of hydrogen-bond donors (Lipinski definition) is 0. The maximum Gasteiger partial charge on any atom is 0.381 e. The number of likely N-dealkylation sites (tertiary alicyclic amines) is 1. The number of aromatic nitrogens is 2. The Morgan fingerprint density at radius 2 is 2.17 bits per heavy atom. The smallest absolute Gasteiger partial charge is 0.358 e. The summed E-state index contributed by atoms with van der Waals surface area (Å²) in [5.41, 5.74) is 0. The minimum atomic E-state index is -0.426. The van der Waals surface area contributed by atoms with Gasteiger partial charge in [-0.2, -0.15) is 0 Å². The molecule has 2 fully saturated rings. The maximum absolute atomic E-state index is 10.6. The molecule has 2 heterocycles. The zero-order valence-corrected chi connectivity index (χ0v) is 10.4. The highest BCUT2D eigenvalue weighted by molar-refractivity contribution is 5.14. The van der Waals surface area contributed by atoms with Crippen molar-refractivity contribution in [3.8, 4) is 0 Å². The van der Waals surface area contributed by atoms with Gasteiger partial charge in [0, 0.05) is 12.6 Å². The zero-order chi connectivity index (χ0) is 12.5. The Kier molecular flexibility index (Phi) is 3.03. The van der Waals surface area contributed by atoms with Crippen LogP contribution in [0, 0.1) is 16.0 Å².